The second kappa shape index (κ2) is 4.62. The Bertz CT molecular complexity index is 558. The quantitative estimate of drug-likeness (QED) is 0.734. The summed E-state index contributed by atoms with van der Waals surface area (Å²) in [5, 5.41) is 0. The molecule has 1 aromatic carbocycles. The molecule has 4 aliphatic carbocycles. The topological polar surface area (TPSA) is 17.1 Å². The fourth-order valence-electron chi connectivity index (χ4n) is 5.66. The van der Waals surface area contributed by atoms with E-state index >= 15 is 0 Å². The van der Waals surface area contributed by atoms with Crippen LogP contribution in [0.25, 0.3) is 0 Å². The maximum absolute atomic E-state index is 13.8. The Morgan fingerprint density at radius 2 is 1.62 bits per heavy atom. The first-order chi connectivity index (χ1) is 10.0. The summed E-state index contributed by atoms with van der Waals surface area (Å²) in [6, 6.07) is 3.91. The molecule has 5 rings (SSSR count). The molecule has 4 fully saturated rings. The van der Waals surface area contributed by atoms with Gasteiger partial charge in [0.1, 0.15) is 0 Å². The van der Waals surface area contributed by atoms with Crippen molar-refractivity contribution in [2.75, 3.05) is 0 Å². The molecule has 3 heteroatoms. The monoisotopic (exact) mass is 290 g/mol. The van der Waals surface area contributed by atoms with E-state index in [9.17, 15) is 13.6 Å². The van der Waals surface area contributed by atoms with Crippen LogP contribution in [0, 0.1) is 34.8 Å². The Balaban J connectivity index is 1.58. The van der Waals surface area contributed by atoms with Gasteiger partial charge < -0.3 is 0 Å². The van der Waals surface area contributed by atoms with Gasteiger partial charge in [0.25, 0.3) is 0 Å². The number of carbonyl (C=O) groups is 1. The van der Waals surface area contributed by atoms with E-state index < -0.39 is 11.6 Å². The summed E-state index contributed by atoms with van der Waals surface area (Å²) in [5.74, 6) is 0.178. The van der Waals surface area contributed by atoms with Crippen LogP contribution in [0.2, 0.25) is 0 Å². The third kappa shape index (κ3) is 2.21. The lowest BCUT2D eigenvalue weighted by molar-refractivity contribution is -0.0524. The van der Waals surface area contributed by atoms with Gasteiger partial charge in [0.05, 0.1) is 5.56 Å². The SMILES string of the molecule is O=C(CC12CC3CC(CC(C3)C1)C2)c1cccc(F)c1F. The van der Waals surface area contributed by atoms with Crippen LogP contribution in [-0.2, 0) is 0 Å². The number of ketones is 1. The summed E-state index contributed by atoms with van der Waals surface area (Å²) in [4.78, 5) is 12.5. The zero-order valence-corrected chi connectivity index (χ0v) is 12.1. The third-order valence-corrected chi connectivity index (χ3v) is 5.95. The highest BCUT2D eigenvalue weighted by Crippen LogP contribution is 2.61. The Morgan fingerprint density at radius 1 is 1.05 bits per heavy atom. The fourth-order valence-corrected chi connectivity index (χ4v) is 5.66. The fraction of sp³-hybridized carbons (Fsp3) is 0.611. The maximum atomic E-state index is 13.8. The number of Topliss-reactive ketones (excluding diaryl/α,β-unsaturated/α-hetero) is 1. The van der Waals surface area contributed by atoms with E-state index in [1.165, 1.54) is 31.4 Å². The number of carbonyl (C=O) groups excluding carboxylic acids is 1. The highest BCUT2D eigenvalue weighted by Gasteiger charge is 2.51. The summed E-state index contributed by atoms with van der Waals surface area (Å²) < 4.78 is 27.1. The van der Waals surface area contributed by atoms with E-state index in [1.807, 2.05) is 0 Å². The molecule has 112 valence electrons. The van der Waals surface area contributed by atoms with Crippen molar-refractivity contribution in [1.29, 1.82) is 0 Å². The molecule has 0 unspecified atom stereocenters. The van der Waals surface area contributed by atoms with E-state index in [-0.39, 0.29) is 16.8 Å². The van der Waals surface area contributed by atoms with Gasteiger partial charge in [-0.25, -0.2) is 8.78 Å². The van der Waals surface area contributed by atoms with Crippen molar-refractivity contribution >= 4 is 5.78 Å². The number of benzene rings is 1. The van der Waals surface area contributed by atoms with E-state index in [0.717, 1.165) is 43.1 Å². The van der Waals surface area contributed by atoms with E-state index in [4.69, 9.17) is 0 Å². The van der Waals surface area contributed by atoms with Crippen molar-refractivity contribution in [3.63, 3.8) is 0 Å². The van der Waals surface area contributed by atoms with Crippen molar-refractivity contribution in [2.24, 2.45) is 23.2 Å². The number of halogens is 2. The summed E-state index contributed by atoms with van der Waals surface area (Å²) in [6.07, 6.45) is 7.70. The molecule has 0 aliphatic heterocycles. The Kier molecular flexibility index (Phi) is 2.95. The first-order valence-corrected chi connectivity index (χ1v) is 8.02. The molecule has 0 aromatic heterocycles. The highest BCUT2D eigenvalue weighted by molar-refractivity contribution is 5.96. The molecule has 0 saturated heterocycles. The molecule has 0 heterocycles. The largest absolute Gasteiger partial charge is 0.294 e. The Hall–Kier alpha value is -1.25. The van der Waals surface area contributed by atoms with Crippen molar-refractivity contribution in [1.82, 2.24) is 0 Å². The third-order valence-electron chi connectivity index (χ3n) is 5.95. The highest BCUT2D eigenvalue weighted by atomic mass is 19.2. The summed E-state index contributed by atoms with van der Waals surface area (Å²) >= 11 is 0. The van der Waals surface area contributed by atoms with Gasteiger partial charge in [-0.1, -0.05) is 6.07 Å². The molecule has 1 aromatic rings. The average molecular weight is 290 g/mol. The second-order valence-corrected chi connectivity index (χ2v) is 7.62. The van der Waals surface area contributed by atoms with Crippen LogP contribution in [0.5, 0.6) is 0 Å². The van der Waals surface area contributed by atoms with Gasteiger partial charge in [-0.2, -0.15) is 0 Å². The number of hydrogen-bond acceptors (Lipinski definition) is 1. The summed E-state index contributed by atoms with van der Waals surface area (Å²) in [6.45, 7) is 0. The Morgan fingerprint density at radius 3 is 2.19 bits per heavy atom. The second-order valence-electron chi connectivity index (χ2n) is 7.62. The van der Waals surface area contributed by atoms with Gasteiger partial charge in [-0.15, -0.1) is 0 Å². The van der Waals surface area contributed by atoms with Crippen molar-refractivity contribution in [3.8, 4) is 0 Å². The van der Waals surface area contributed by atoms with Crippen molar-refractivity contribution in [2.45, 2.75) is 44.9 Å². The first kappa shape index (κ1) is 13.4. The van der Waals surface area contributed by atoms with Crippen LogP contribution in [0.1, 0.15) is 55.3 Å². The van der Waals surface area contributed by atoms with E-state index in [2.05, 4.69) is 0 Å². The normalized spacial score (nSPS) is 37.0. The summed E-state index contributed by atoms with van der Waals surface area (Å²) in [5.41, 5.74) is 0.00987. The standard InChI is InChI=1S/C18H20F2O/c19-15-3-1-2-14(17(15)20)16(21)10-18-7-11-4-12(8-18)6-13(5-11)9-18/h1-3,11-13H,4-10H2. The molecule has 1 nitrogen and oxygen atoms in total. The minimum absolute atomic E-state index is 0.0641. The Labute approximate surface area is 123 Å². The number of hydrogen-bond donors (Lipinski definition) is 0. The number of rotatable bonds is 3. The predicted octanol–water partition coefficient (Wildman–Crippen LogP) is 4.75. The molecule has 4 saturated carbocycles. The maximum Gasteiger partial charge on any atom is 0.169 e. The van der Waals surface area contributed by atoms with Crippen molar-refractivity contribution < 1.29 is 13.6 Å². The molecule has 0 amide bonds. The first-order valence-electron chi connectivity index (χ1n) is 8.02. The molecule has 0 radical (unpaired) electrons. The van der Waals surface area contributed by atoms with Gasteiger partial charge in [0.15, 0.2) is 17.4 Å². The minimum Gasteiger partial charge on any atom is -0.294 e. The van der Waals surface area contributed by atoms with E-state index in [0.29, 0.717) is 6.42 Å². The summed E-state index contributed by atoms with van der Waals surface area (Å²) in [7, 11) is 0. The smallest absolute Gasteiger partial charge is 0.169 e. The van der Waals surface area contributed by atoms with Crippen LogP contribution in [0.4, 0.5) is 8.78 Å². The van der Waals surface area contributed by atoms with E-state index in [1.54, 1.807) is 0 Å². The van der Waals surface area contributed by atoms with Gasteiger partial charge in [-0.3, -0.25) is 4.79 Å². The molecule has 4 aliphatic rings. The van der Waals surface area contributed by atoms with Crippen LogP contribution in [0.3, 0.4) is 0 Å². The predicted molar refractivity (Wildman–Crippen MR) is 75.9 cm³/mol. The van der Waals surface area contributed by atoms with Gasteiger partial charge >= 0.3 is 0 Å². The van der Waals surface area contributed by atoms with Crippen LogP contribution < -0.4 is 0 Å². The van der Waals surface area contributed by atoms with Gasteiger partial charge in [0.2, 0.25) is 0 Å². The molecule has 4 bridgehead atoms. The lowest BCUT2D eigenvalue weighted by Crippen LogP contribution is -2.46. The molecule has 0 spiro atoms. The van der Waals surface area contributed by atoms with Crippen LogP contribution in [-0.4, -0.2) is 5.78 Å². The van der Waals surface area contributed by atoms with Gasteiger partial charge in [0, 0.05) is 6.42 Å². The lowest BCUT2D eigenvalue weighted by atomic mass is 9.48. The molecular formula is C18H20F2O. The van der Waals surface area contributed by atoms with Gasteiger partial charge in [-0.05, 0) is 73.8 Å². The molecular weight excluding hydrogens is 270 g/mol. The minimum atomic E-state index is -0.979. The molecule has 21 heavy (non-hydrogen) atoms. The average Bonchev–Trinajstić information content (AvgIpc) is 2.39. The van der Waals surface area contributed by atoms with Crippen LogP contribution >= 0.6 is 0 Å². The van der Waals surface area contributed by atoms with Crippen molar-refractivity contribution in [3.05, 3.63) is 35.4 Å². The lowest BCUT2D eigenvalue weighted by Gasteiger charge is -2.56. The van der Waals surface area contributed by atoms with Crippen LogP contribution in [0.15, 0.2) is 18.2 Å². The zero-order valence-electron chi connectivity index (χ0n) is 12.1. The molecule has 0 N–H and O–H groups in total. The molecule has 0 atom stereocenters. The zero-order chi connectivity index (χ0) is 14.6.